The molecule has 0 radical (unpaired) electrons. The Morgan fingerprint density at radius 3 is 2.89 bits per heavy atom. The Kier molecular flexibility index (Phi) is 3.44. The monoisotopic (exact) mass is 254 g/mol. The minimum Gasteiger partial charge on any atom is -0.393 e. The van der Waals surface area contributed by atoms with E-state index in [0.29, 0.717) is 12.0 Å². The standard InChI is InChI=1S/C11H14N2O5/c1-6-4-13(11(17)12-10(6)16)9-3-2-7(15)8(5-14)18-9/h4,8-9,14H,2-3,5H2,1H3,(H,12,16,17)/t8-,9?/m1/s1. The number of nitrogens with one attached hydrogen (secondary N) is 1. The number of hydrogen-bond acceptors (Lipinski definition) is 5. The summed E-state index contributed by atoms with van der Waals surface area (Å²) >= 11 is 0. The van der Waals surface area contributed by atoms with E-state index in [4.69, 9.17) is 9.84 Å². The highest BCUT2D eigenvalue weighted by molar-refractivity contribution is 5.83. The second-order valence-electron chi connectivity index (χ2n) is 4.25. The molecule has 0 spiro atoms. The molecule has 1 aromatic rings. The number of rotatable bonds is 2. The summed E-state index contributed by atoms with van der Waals surface area (Å²) in [6, 6.07) is 0. The molecule has 7 heteroatoms. The molecular formula is C11H14N2O5. The van der Waals surface area contributed by atoms with E-state index in [0.717, 1.165) is 0 Å². The number of H-pyrrole nitrogens is 1. The van der Waals surface area contributed by atoms with Gasteiger partial charge in [-0.25, -0.2) is 4.79 Å². The van der Waals surface area contributed by atoms with Gasteiger partial charge < -0.3 is 9.84 Å². The predicted octanol–water partition coefficient (Wildman–Crippen LogP) is -0.916. The van der Waals surface area contributed by atoms with Crippen LogP contribution in [-0.2, 0) is 9.53 Å². The normalized spacial score (nSPS) is 24.2. The molecule has 1 unspecified atom stereocenters. The maximum absolute atomic E-state index is 11.6. The molecule has 0 amide bonds. The number of aliphatic hydroxyl groups excluding tert-OH is 1. The molecule has 0 aromatic carbocycles. The van der Waals surface area contributed by atoms with Crippen molar-refractivity contribution < 1.29 is 14.6 Å². The van der Waals surface area contributed by atoms with Gasteiger partial charge in [0, 0.05) is 18.2 Å². The first kappa shape index (κ1) is 12.7. The predicted molar refractivity (Wildman–Crippen MR) is 61.3 cm³/mol. The maximum atomic E-state index is 11.6. The first-order valence-corrected chi connectivity index (χ1v) is 5.64. The fourth-order valence-corrected chi connectivity index (χ4v) is 1.91. The molecular weight excluding hydrogens is 240 g/mol. The van der Waals surface area contributed by atoms with E-state index in [-0.39, 0.29) is 12.2 Å². The third-order valence-electron chi connectivity index (χ3n) is 2.94. The minimum atomic E-state index is -0.900. The van der Waals surface area contributed by atoms with E-state index >= 15 is 0 Å². The van der Waals surface area contributed by atoms with E-state index in [1.165, 1.54) is 10.8 Å². The Hall–Kier alpha value is -1.73. The second kappa shape index (κ2) is 4.87. The van der Waals surface area contributed by atoms with E-state index in [1.807, 2.05) is 0 Å². The maximum Gasteiger partial charge on any atom is 0.330 e. The third kappa shape index (κ3) is 2.27. The number of aromatic nitrogens is 2. The average molecular weight is 254 g/mol. The summed E-state index contributed by atoms with van der Waals surface area (Å²) in [5.41, 5.74) is -0.640. The zero-order valence-electron chi connectivity index (χ0n) is 9.88. The molecule has 2 rings (SSSR count). The van der Waals surface area contributed by atoms with Gasteiger partial charge in [0.05, 0.1) is 6.61 Å². The summed E-state index contributed by atoms with van der Waals surface area (Å²) in [4.78, 5) is 36.4. The molecule has 0 saturated carbocycles. The van der Waals surface area contributed by atoms with Crippen molar-refractivity contribution in [2.24, 2.45) is 0 Å². The number of ether oxygens (including phenoxy) is 1. The van der Waals surface area contributed by atoms with Gasteiger partial charge in [0.2, 0.25) is 0 Å². The largest absolute Gasteiger partial charge is 0.393 e. The van der Waals surface area contributed by atoms with Crippen molar-refractivity contribution in [2.75, 3.05) is 6.61 Å². The molecule has 1 aromatic heterocycles. The zero-order chi connectivity index (χ0) is 13.3. The second-order valence-corrected chi connectivity index (χ2v) is 4.25. The van der Waals surface area contributed by atoms with E-state index < -0.39 is 30.2 Å². The van der Waals surface area contributed by atoms with Crippen LogP contribution >= 0.6 is 0 Å². The Bertz CT molecular complexity index is 574. The molecule has 2 atom stereocenters. The number of aliphatic hydroxyl groups is 1. The smallest absolute Gasteiger partial charge is 0.330 e. The molecule has 98 valence electrons. The van der Waals surface area contributed by atoms with Crippen molar-refractivity contribution in [2.45, 2.75) is 32.1 Å². The molecule has 1 aliphatic rings. The van der Waals surface area contributed by atoms with Gasteiger partial charge in [0.1, 0.15) is 12.3 Å². The summed E-state index contributed by atoms with van der Waals surface area (Å²) in [5, 5.41) is 9.00. The van der Waals surface area contributed by atoms with Gasteiger partial charge in [-0.3, -0.25) is 19.1 Å². The summed E-state index contributed by atoms with van der Waals surface area (Å²) in [5.74, 6) is -0.178. The molecule has 2 N–H and O–H groups in total. The molecule has 1 fully saturated rings. The van der Waals surface area contributed by atoms with Crippen LogP contribution < -0.4 is 11.2 Å². The van der Waals surface area contributed by atoms with Gasteiger partial charge in [-0.2, -0.15) is 0 Å². The SMILES string of the molecule is Cc1cn(C2CCC(=O)[C@@H](CO)O2)c(=O)[nH]c1=O. The summed E-state index contributed by atoms with van der Waals surface area (Å²) in [6.07, 6.45) is 0.447. The Labute approximate surface area is 102 Å². The molecule has 0 aliphatic carbocycles. The van der Waals surface area contributed by atoms with Gasteiger partial charge in [0.15, 0.2) is 5.78 Å². The topological polar surface area (TPSA) is 101 Å². The average Bonchev–Trinajstić information content (AvgIpc) is 2.35. The van der Waals surface area contributed by atoms with Gasteiger partial charge in [0.25, 0.3) is 5.56 Å². The number of hydrogen-bond donors (Lipinski definition) is 2. The van der Waals surface area contributed by atoms with Crippen LogP contribution in [-0.4, -0.2) is 33.2 Å². The lowest BCUT2D eigenvalue weighted by Crippen LogP contribution is -2.41. The van der Waals surface area contributed by atoms with Crippen molar-refractivity contribution in [3.8, 4) is 0 Å². The van der Waals surface area contributed by atoms with Crippen molar-refractivity contribution in [3.05, 3.63) is 32.6 Å². The van der Waals surface area contributed by atoms with Gasteiger partial charge in [-0.05, 0) is 13.3 Å². The number of aromatic amines is 1. The van der Waals surface area contributed by atoms with Crippen LogP contribution in [0.5, 0.6) is 0 Å². The Morgan fingerprint density at radius 1 is 1.50 bits per heavy atom. The number of carbonyl (C=O) groups is 1. The lowest BCUT2D eigenvalue weighted by Gasteiger charge is -2.28. The van der Waals surface area contributed by atoms with Crippen LogP contribution in [0.25, 0.3) is 0 Å². The highest BCUT2D eigenvalue weighted by atomic mass is 16.5. The zero-order valence-corrected chi connectivity index (χ0v) is 9.88. The number of aryl methyl sites for hydroxylation is 1. The van der Waals surface area contributed by atoms with Crippen molar-refractivity contribution in [1.29, 1.82) is 0 Å². The van der Waals surface area contributed by atoms with Crippen LogP contribution in [0.15, 0.2) is 15.8 Å². The van der Waals surface area contributed by atoms with Crippen LogP contribution in [0, 0.1) is 6.92 Å². The molecule has 2 heterocycles. The van der Waals surface area contributed by atoms with Crippen LogP contribution in [0.2, 0.25) is 0 Å². The fraction of sp³-hybridized carbons (Fsp3) is 0.545. The van der Waals surface area contributed by atoms with E-state index in [9.17, 15) is 14.4 Å². The quantitative estimate of drug-likeness (QED) is 0.711. The van der Waals surface area contributed by atoms with Crippen LogP contribution in [0.3, 0.4) is 0 Å². The highest BCUT2D eigenvalue weighted by Gasteiger charge is 2.30. The number of ketones is 1. The highest BCUT2D eigenvalue weighted by Crippen LogP contribution is 2.23. The van der Waals surface area contributed by atoms with Crippen molar-refractivity contribution in [1.82, 2.24) is 9.55 Å². The van der Waals surface area contributed by atoms with Crippen LogP contribution in [0.1, 0.15) is 24.6 Å². The fourth-order valence-electron chi connectivity index (χ4n) is 1.91. The number of nitrogens with zero attached hydrogens (tertiary/aromatic N) is 1. The van der Waals surface area contributed by atoms with Crippen LogP contribution in [0.4, 0.5) is 0 Å². The lowest BCUT2D eigenvalue weighted by molar-refractivity contribution is -0.155. The van der Waals surface area contributed by atoms with E-state index in [2.05, 4.69) is 4.98 Å². The first-order chi connectivity index (χ1) is 8.52. The first-order valence-electron chi connectivity index (χ1n) is 5.64. The number of carbonyl (C=O) groups excluding carboxylic acids is 1. The van der Waals surface area contributed by atoms with Gasteiger partial charge >= 0.3 is 5.69 Å². The molecule has 18 heavy (non-hydrogen) atoms. The number of Topliss-reactive ketones (excluding diaryl/α,β-unsaturated/α-hetero) is 1. The van der Waals surface area contributed by atoms with Gasteiger partial charge in [-0.1, -0.05) is 0 Å². The van der Waals surface area contributed by atoms with Gasteiger partial charge in [-0.15, -0.1) is 0 Å². The Morgan fingerprint density at radius 2 is 2.22 bits per heavy atom. The third-order valence-corrected chi connectivity index (χ3v) is 2.94. The molecule has 1 saturated heterocycles. The Balaban J connectivity index is 2.33. The molecule has 7 nitrogen and oxygen atoms in total. The minimum absolute atomic E-state index is 0.178. The molecule has 1 aliphatic heterocycles. The summed E-state index contributed by atoms with van der Waals surface area (Å²) in [6.45, 7) is 1.17. The van der Waals surface area contributed by atoms with E-state index in [1.54, 1.807) is 6.92 Å². The lowest BCUT2D eigenvalue weighted by atomic mass is 10.1. The summed E-state index contributed by atoms with van der Waals surface area (Å²) in [7, 11) is 0. The van der Waals surface area contributed by atoms with Crippen molar-refractivity contribution in [3.63, 3.8) is 0 Å². The summed E-state index contributed by atoms with van der Waals surface area (Å²) < 4.78 is 6.59. The van der Waals surface area contributed by atoms with Crippen molar-refractivity contribution >= 4 is 5.78 Å². The molecule has 0 bridgehead atoms.